The van der Waals surface area contributed by atoms with Crippen LogP contribution >= 0.6 is 11.8 Å². The summed E-state index contributed by atoms with van der Waals surface area (Å²) in [7, 11) is 0. The van der Waals surface area contributed by atoms with Crippen molar-refractivity contribution in [1.29, 1.82) is 0 Å². The first-order valence-electron chi connectivity index (χ1n) is 10.8. The zero-order valence-electron chi connectivity index (χ0n) is 17.4. The Bertz CT molecular complexity index is 1040. The number of nitrogens with two attached hydrogens (primary N) is 2. The Morgan fingerprint density at radius 1 is 1.06 bits per heavy atom. The summed E-state index contributed by atoms with van der Waals surface area (Å²) in [5.74, 6) is 0.858. The van der Waals surface area contributed by atoms with Crippen molar-refractivity contribution in [3.63, 3.8) is 0 Å². The Morgan fingerprint density at radius 3 is 2.52 bits per heavy atom. The molecule has 162 valence electrons. The number of ether oxygens (including phenoxy) is 1. The molecule has 2 fully saturated rings. The van der Waals surface area contributed by atoms with E-state index in [1.807, 2.05) is 42.6 Å². The van der Waals surface area contributed by atoms with Crippen molar-refractivity contribution < 1.29 is 4.74 Å². The van der Waals surface area contributed by atoms with Crippen molar-refractivity contribution in [2.24, 2.45) is 11.5 Å². The van der Waals surface area contributed by atoms with E-state index in [4.69, 9.17) is 21.2 Å². The van der Waals surface area contributed by atoms with Gasteiger partial charge < -0.3 is 16.2 Å². The molecule has 2 saturated heterocycles. The number of fused-ring (bicyclic) bond motifs is 1. The molecule has 0 bridgehead atoms. The summed E-state index contributed by atoms with van der Waals surface area (Å²) in [4.78, 5) is 12.0. The highest BCUT2D eigenvalue weighted by atomic mass is 32.2. The van der Waals surface area contributed by atoms with E-state index in [1.165, 1.54) is 25.9 Å². The van der Waals surface area contributed by atoms with Gasteiger partial charge >= 0.3 is 0 Å². The summed E-state index contributed by atoms with van der Waals surface area (Å²) in [6.45, 7) is 4.03. The highest BCUT2D eigenvalue weighted by molar-refractivity contribution is 8.01. The number of likely N-dealkylation sites (tertiary alicyclic amines) is 1. The number of nitrogens with one attached hydrogen (secondary N) is 1. The van der Waals surface area contributed by atoms with Gasteiger partial charge in [0.05, 0.1) is 29.1 Å². The van der Waals surface area contributed by atoms with Crippen LogP contribution in [-0.2, 0) is 4.75 Å². The third-order valence-corrected chi connectivity index (χ3v) is 7.54. The second kappa shape index (κ2) is 8.72. The lowest BCUT2D eigenvalue weighted by molar-refractivity contribution is 0.237. The minimum Gasteiger partial charge on any atom is -0.492 e. The van der Waals surface area contributed by atoms with Crippen LogP contribution in [0.25, 0.3) is 11.0 Å². The Balaban J connectivity index is 1.42. The zero-order valence-corrected chi connectivity index (χ0v) is 18.2. The van der Waals surface area contributed by atoms with Crippen molar-refractivity contribution in [3.05, 3.63) is 66.0 Å². The molecule has 8 heteroatoms. The Hall–Kier alpha value is -2.23. The van der Waals surface area contributed by atoms with E-state index in [0.717, 1.165) is 34.6 Å². The van der Waals surface area contributed by atoms with Crippen LogP contribution in [0.5, 0.6) is 5.75 Å². The number of rotatable bonds is 6. The molecule has 0 saturated carbocycles. The van der Waals surface area contributed by atoms with E-state index >= 15 is 0 Å². The predicted molar refractivity (Wildman–Crippen MR) is 125 cm³/mol. The third-order valence-electron chi connectivity index (χ3n) is 6.08. The Kier molecular flexibility index (Phi) is 5.81. The molecule has 0 radical (unpaired) electrons. The SMILES string of the molecule is NC1NC(N)C(c2ccc(OCCN3CCCC3)cc2)(c2cnc3ccccc3n2)S1. The lowest BCUT2D eigenvalue weighted by Gasteiger charge is -2.32. The molecule has 2 aliphatic heterocycles. The van der Waals surface area contributed by atoms with Crippen molar-refractivity contribution >= 4 is 22.8 Å². The van der Waals surface area contributed by atoms with E-state index in [2.05, 4.69) is 27.3 Å². The maximum atomic E-state index is 6.58. The lowest BCUT2D eigenvalue weighted by atomic mass is 9.91. The smallest absolute Gasteiger partial charge is 0.119 e. The van der Waals surface area contributed by atoms with Crippen LogP contribution in [0.4, 0.5) is 0 Å². The number of para-hydroxylation sites is 2. The summed E-state index contributed by atoms with van der Waals surface area (Å²) >= 11 is 1.57. The summed E-state index contributed by atoms with van der Waals surface area (Å²) in [6.07, 6.45) is 4.00. The first-order chi connectivity index (χ1) is 15.1. The van der Waals surface area contributed by atoms with E-state index in [0.29, 0.717) is 6.61 Å². The second-order valence-corrected chi connectivity index (χ2v) is 9.47. The molecule has 31 heavy (non-hydrogen) atoms. The maximum absolute atomic E-state index is 6.58. The number of benzene rings is 2. The van der Waals surface area contributed by atoms with Crippen molar-refractivity contribution in [3.8, 4) is 5.75 Å². The molecule has 5 N–H and O–H groups in total. The molecule has 0 aliphatic carbocycles. The average Bonchev–Trinajstić information content (AvgIpc) is 3.41. The van der Waals surface area contributed by atoms with Crippen LogP contribution in [0.2, 0.25) is 0 Å². The van der Waals surface area contributed by atoms with Crippen LogP contribution in [0.1, 0.15) is 24.1 Å². The second-order valence-electron chi connectivity index (χ2n) is 8.08. The summed E-state index contributed by atoms with van der Waals surface area (Å²) < 4.78 is 5.35. The number of hydrogen-bond donors (Lipinski definition) is 3. The summed E-state index contributed by atoms with van der Waals surface area (Å²) in [5.41, 5.74) is 16.1. The molecule has 3 heterocycles. The fourth-order valence-electron chi connectivity index (χ4n) is 4.45. The first-order valence-corrected chi connectivity index (χ1v) is 11.7. The third kappa shape index (κ3) is 4.02. The average molecular weight is 437 g/mol. The molecule has 2 aliphatic rings. The van der Waals surface area contributed by atoms with Crippen LogP contribution in [0.15, 0.2) is 54.7 Å². The molecule has 7 nitrogen and oxygen atoms in total. The standard InChI is InChI=1S/C23H28N6OS/c24-21-23(31-22(25)28-21,20-15-26-18-5-1-2-6-19(18)27-20)16-7-9-17(10-8-16)30-14-13-29-11-3-4-12-29/h1-2,5-10,15,21-22,28H,3-4,11-14,24-25H2. The van der Waals surface area contributed by atoms with Crippen LogP contribution < -0.4 is 21.5 Å². The Morgan fingerprint density at radius 2 is 1.81 bits per heavy atom. The van der Waals surface area contributed by atoms with Gasteiger partial charge in [0.1, 0.15) is 22.6 Å². The van der Waals surface area contributed by atoms with Crippen LogP contribution in [0.3, 0.4) is 0 Å². The van der Waals surface area contributed by atoms with Gasteiger partial charge in [-0.25, -0.2) is 4.98 Å². The minimum atomic E-state index is -0.634. The van der Waals surface area contributed by atoms with E-state index < -0.39 is 10.9 Å². The van der Waals surface area contributed by atoms with Gasteiger partial charge in [0, 0.05) is 6.54 Å². The molecule has 1 aromatic heterocycles. The van der Waals surface area contributed by atoms with Gasteiger partial charge in [-0.1, -0.05) is 24.3 Å². The highest BCUT2D eigenvalue weighted by Gasteiger charge is 2.49. The fourth-order valence-corrected chi connectivity index (χ4v) is 5.77. The first kappa shape index (κ1) is 20.7. The topological polar surface area (TPSA) is 102 Å². The molecule has 5 rings (SSSR count). The van der Waals surface area contributed by atoms with E-state index in [1.54, 1.807) is 11.8 Å². The maximum Gasteiger partial charge on any atom is 0.119 e. The van der Waals surface area contributed by atoms with Gasteiger partial charge in [0.25, 0.3) is 0 Å². The fraction of sp³-hybridized carbons (Fsp3) is 0.391. The monoisotopic (exact) mass is 436 g/mol. The van der Waals surface area contributed by atoms with Gasteiger partial charge in [-0.15, -0.1) is 11.8 Å². The van der Waals surface area contributed by atoms with Gasteiger partial charge in [0.2, 0.25) is 0 Å². The molecular formula is C23H28N6OS. The lowest BCUT2D eigenvalue weighted by Crippen LogP contribution is -2.49. The van der Waals surface area contributed by atoms with Crippen LogP contribution in [0, 0.1) is 0 Å². The quantitative estimate of drug-likeness (QED) is 0.541. The van der Waals surface area contributed by atoms with E-state index in [9.17, 15) is 0 Å². The predicted octanol–water partition coefficient (Wildman–Crippen LogP) is 2.21. The zero-order chi connectivity index (χ0) is 21.3. The largest absolute Gasteiger partial charge is 0.492 e. The summed E-state index contributed by atoms with van der Waals surface area (Å²) in [6, 6.07) is 16.0. The Labute approximate surface area is 186 Å². The van der Waals surface area contributed by atoms with Gasteiger partial charge in [-0.05, 0) is 55.8 Å². The van der Waals surface area contributed by atoms with Gasteiger partial charge in [0.15, 0.2) is 0 Å². The molecular weight excluding hydrogens is 408 g/mol. The molecule has 3 atom stereocenters. The summed E-state index contributed by atoms with van der Waals surface area (Å²) in [5, 5.41) is 3.25. The highest BCUT2D eigenvalue weighted by Crippen LogP contribution is 2.48. The number of nitrogens with zero attached hydrogens (tertiary/aromatic N) is 3. The van der Waals surface area contributed by atoms with Crippen molar-refractivity contribution in [2.45, 2.75) is 29.3 Å². The van der Waals surface area contributed by atoms with Crippen molar-refractivity contribution in [2.75, 3.05) is 26.2 Å². The van der Waals surface area contributed by atoms with E-state index in [-0.39, 0.29) is 5.50 Å². The normalized spacial score (nSPS) is 26.5. The molecule has 0 spiro atoms. The van der Waals surface area contributed by atoms with Crippen molar-refractivity contribution in [1.82, 2.24) is 20.2 Å². The number of thioether (sulfide) groups is 1. The minimum absolute atomic E-state index is 0.292. The van der Waals surface area contributed by atoms with Gasteiger partial charge in [-0.3, -0.25) is 15.2 Å². The molecule has 3 unspecified atom stereocenters. The molecule has 3 aromatic rings. The van der Waals surface area contributed by atoms with Crippen LogP contribution in [-0.4, -0.2) is 52.8 Å². The number of hydrogen-bond acceptors (Lipinski definition) is 8. The number of aromatic nitrogens is 2. The van der Waals surface area contributed by atoms with Gasteiger partial charge in [-0.2, -0.15) is 0 Å². The molecule has 0 amide bonds. The molecule has 2 aromatic carbocycles.